The maximum Gasteiger partial charge on any atom is 0.503 e. The summed E-state index contributed by atoms with van der Waals surface area (Å²) in [5.41, 5.74) is 0. The Morgan fingerprint density at radius 1 is 0.917 bits per heavy atom. The Kier molecular flexibility index (Phi) is 8.35. The Morgan fingerprint density at radius 2 is 1.38 bits per heavy atom. The minimum absolute atomic E-state index is 0.0395. The molecule has 0 aromatic heterocycles. The van der Waals surface area contributed by atoms with Crippen LogP contribution in [0, 0.1) is 5.92 Å². The van der Waals surface area contributed by atoms with Crippen LogP contribution >= 0.6 is 0 Å². The number of carbonyl (C=O) groups excluding carboxylic acids is 2. The van der Waals surface area contributed by atoms with Gasteiger partial charge in [0, 0.05) is 38.1 Å². The minimum Gasteiger partial charge on any atom is -0.450 e. The van der Waals surface area contributed by atoms with E-state index >= 15 is 0 Å². The minimum atomic E-state index is -1.83. The summed E-state index contributed by atoms with van der Waals surface area (Å²) in [6.07, 6.45) is 4.13. The first-order valence-corrected chi connectivity index (χ1v) is 8.57. The van der Waals surface area contributed by atoms with Crippen LogP contribution in [0.2, 0.25) is 0 Å². The second-order valence-corrected chi connectivity index (χ2v) is 6.53. The fraction of sp³-hybridized carbons (Fsp3) is 0.812. The normalized spacial score (nSPS) is 18.6. The van der Waals surface area contributed by atoms with Gasteiger partial charge in [-0.25, -0.2) is 9.59 Å². The molecule has 2 fully saturated rings. The first-order chi connectivity index (χ1) is 11.3. The van der Waals surface area contributed by atoms with E-state index < -0.39 is 6.16 Å². The summed E-state index contributed by atoms with van der Waals surface area (Å²) in [5.74, 6) is 0.231. The van der Waals surface area contributed by atoms with Gasteiger partial charge in [0.25, 0.3) is 0 Å². The molecule has 1 saturated carbocycles. The van der Waals surface area contributed by atoms with Crippen LogP contribution in [0.25, 0.3) is 0 Å². The van der Waals surface area contributed by atoms with Crippen LogP contribution in [0.15, 0.2) is 0 Å². The van der Waals surface area contributed by atoms with Crippen molar-refractivity contribution in [2.75, 3.05) is 26.2 Å². The number of piperazine rings is 1. The number of urea groups is 1. The van der Waals surface area contributed by atoms with Crippen molar-refractivity contribution in [3.05, 3.63) is 0 Å². The molecule has 8 heteroatoms. The Balaban J connectivity index is 0.000000648. The molecule has 24 heavy (non-hydrogen) atoms. The van der Waals surface area contributed by atoms with Gasteiger partial charge in [-0.15, -0.1) is 0 Å². The van der Waals surface area contributed by atoms with E-state index in [0.717, 1.165) is 12.8 Å². The molecule has 2 aliphatic rings. The first kappa shape index (κ1) is 20.1. The molecular formula is C16H29N3O5. The van der Waals surface area contributed by atoms with Gasteiger partial charge in [-0.3, -0.25) is 4.79 Å². The molecule has 138 valence electrons. The molecule has 0 unspecified atom stereocenters. The topological polar surface area (TPSA) is 110 Å². The highest BCUT2D eigenvalue weighted by Crippen LogP contribution is 2.17. The van der Waals surface area contributed by atoms with E-state index in [-0.39, 0.29) is 17.9 Å². The predicted octanol–water partition coefficient (Wildman–Crippen LogP) is 2.05. The summed E-state index contributed by atoms with van der Waals surface area (Å²) < 4.78 is 0. The molecule has 0 bridgehead atoms. The first-order valence-electron chi connectivity index (χ1n) is 8.57. The van der Waals surface area contributed by atoms with E-state index in [1.165, 1.54) is 19.3 Å². The number of hydrogen-bond donors (Lipinski definition) is 3. The summed E-state index contributed by atoms with van der Waals surface area (Å²) in [7, 11) is 0. The van der Waals surface area contributed by atoms with Gasteiger partial charge in [-0.1, -0.05) is 33.1 Å². The van der Waals surface area contributed by atoms with Crippen molar-refractivity contribution in [3.63, 3.8) is 0 Å². The van der Waals surface area contributed by atoms with Crippen LogP contribution in [0.1, 0.15) is 46.0 Å². The van der Waals surface area contributed by atoms with Crippen molar-refractivity contribution < 1.29 is 24.6 Å². The lowest BCUT2D eigenvalue weighted by Crippen LogP contribution is -2.55. The maximum absolute atomic E-state index is 12.2. The number of carboxylic acid groups (broad SMARTS) is 2. The molecule has 3 N–H and O–H groups in total. The molecule has 0 atom stereocenters. The van der Waals surface area contributed by atoms with Crippen molar-refractivity contribution in [3.8, 4) is 0 Å². The van der Waals surface area contributed by atoms with Gasteiger partial charge in [0.1, 0.15) is 0 Å². The number of nitrogens with one attached hydrogen (secondary N) is 1. The van der Waals surface area contributed by atoms with Crippen LogP contribution in [0.5, 0.6) is 0 Å². The van der Waals surface area contributed by atoms with E-state index in [1.807, 2.05) is 23.6 Å². The van der Waals surface area contributed by atoms with Crippen molar-refractivity contribution >= 4 is 18.1 Å². The lowest BCUT2D eigenvalue weighted by Gasteiger charge is -2.36. The van der Waals surface area contributed by atoms with Gasteiger partial charge >= 0.3 is 12.2 Å². The maximum atomic E-state index is 12.2. The van der Waals surface area contributed by atoms with E-state index in [2.05, 4.69) is 5.32 Å². The highest BCUT2D eigenvalue weighted by atomic mass is 16.6. The fourth-order valence-electron chi connectivity index (χ4n) is 3.01. The quantitative estimate of drug-likeness (QED) is 0.711. The van der Waals surface area contributed by atoms with Crippen LogP contribution in [0.3, 0.4) is 0 Å². The molecule has 1 aliphatic carbocycles. The lowest BCUT2D eigenvalue weighted by atomic mass is 9.96. The van der Waals surface area contributed by atoms with Crippen molar-refractivity contribution in [1.82, 2.24) is 15.1 Å². The van der Waals surface area contributed by atoms with Gasteiger partial charge in [-0.2, -0.15) is 0 Å². The number of amides is 3. The zero-order valence-corrected chi connectivity index (χ0v) is 14.5. The average Bonchev–Trinajstić information content (AvgIpc) is 2.54. The Bertz CT molecular complexity index is 423. The van der Waals surface area contributed by atoms with Crippen LogP contribution in [0.4, 0.5) is 9.59 Å². The molecule has 0 radical (unpaired) electrons. The van der Waals surface area contributed by atoms with E-state index in [1.54, 1.807) is 0 Å². The van der Waals surface area contributed by atoms with E-state index in [4.69, 9.17) is 15.0 Å². The Hall–Kier alpha value is -1.99. The number of rotatable bonds is 2. The summed E-state index contributed by atoms with van der Waals surface area (Å²) in [5, 5.41) is 17.1. The van der Waals surface area contributed by atoms with Crippen LogP contribution < -0.4 is 5.32 Å². The smallest absolute Gasteiger partial charge is 0.450 e. The molecule has 1 aliphatic heterocycles. The third kappa shape index (κ3) is 7.06. The molecule has 0 aromatic rings. The molecular weight excluding hydrogens is 314 g/mol. The second-order valence-electron chi connectivity index (χ2n) is 6.53. The number of hydrogen-bond acceptors (Lipinski definition) is 3. The van der Waals surface area contributed by atoms with Gasteiger partial charge in [0.05, 0.1) is 0 Å². The SMILES string of the molecule is CC(C)C(=O)N1CCN(C(=O)NC2CCCCC2)CC1.O=C(O)O. The van der Waals surface area contributed by atoms with E-state index in [0.29, 0.717) is 32.2 Å². The summed E-state index contributed by atoms with van der Waals surface area (Å²) in [6.45, 7) is 6.47. The van der Waals surface area contributed by atoms with Gasteiger partial charge in [0.15, 0.2) is 0 Å². The van der Waals surface area contributed by atoms with Gasteiger partial charge < -0.3 is 25.3 Å². The van der Waals surface area contributed by atoms with E-state index in [9.17, 15) is 9.59 Å². The summed E-state index contributed by atoms with van der Waals surface area (Å²) in [6, 6.07) is 0.403. The standard InChI is InChI=1S/C15H27N3O2.CH2O3/c1-12(2)14(19)17-8-10-18(11-9-17)15(20)16-13-6-4-3-5-7-13;2-1(3)4/h12-13H,3-11H2,1-2H3,(H,16,20);(H2,2,3,4). The Morgan fingerprint density at radius 3 is 1.83 bits per heavy atom. The molecule has 1 saturated heterocycles. The van der Waals surface area contributed by atoms with Crippen molar-refractivity contribution in [1.29, 1.82) is 0 Å². The fourth-order valence-corrected chi connectivity index (χ4v) is 3.01. The largest absolute Gasteiger partial charge is 0.503 e. The van der Waals surface area contributed by atoms with Crippen LogP contribution in [-0.2, 0) is 4.79 Å². The average molecular weight is 343 g/mol. The second kappa shape index (κ2) is 10.00. The highest BCUT2D eigenvalue weighted by Gasteiger charge is 2.26. The molecule has 0 aromatic carbocycles. The highest BCUT2D eigenvalue weighted by molar-refractivity contribution is 5.79. The monoisotopic (exact) mass is 343 g/mol. The molecule has 0 spiro atoms. The molecule has 8 nitrogen and oxygen atoms in total. The molecule has 3 amide bonds. The summed E-state index contributed by atoms with van der Waals surface area (Å²) >= 11 is 0. The lowest BCUT2D eigenvalue weighted by molar-refractivity contribution is -0.135. The van der Waals surface area contributed by atoms with Gasteiger partial charge in [0.2, 0.25) is 5.91 Å². The Labute approximate surface area is 142 Å². The van der Waals surface area contributed by atoms with Crippen LogP contribution in [-0.4, -0.2) is 70.3 Å². The molecule has 2 rings (SSSR count). The third-order valence-corrected chi connectivity index (χ3v) is 4.31. The van der Waals surface area contributed by atoms with Crippen molar-refractivity contribution in [2.45, 2.75) is 52.0 Å². The van der Waals surface area contributed by atoms with Gasteiger partial charge in [-0.05, 0) is 12.8 Å². The molecule has 1 heterocycles. The number of carbonyl (C=O) groups is 3. The van der Waals surface area contributed by atoms with Crippen molar-refractivity contribution in [2.24, 2.45) is 5.92 Å². The zero-order chi connectivity index (χ0) is 18.1. The zero-order valence-electron chi connectivity index (χ0n) is 14.5. The predicted molar refractivity (Wildman–Crippen MR) is 89.0 cm³/mol. The summed E-state index contributed by atoms with van der Waals surface area (Å²) in [4.78, 5) is 36.4. The third-order valence-electron chi connectivity index (χ3n) is 4.31. The number of nitrogens with zero attached hydrogens (tertiary/aromatic N) is 2.